The molecule has 1 aliphatic heterocycles. The fourth-order valence-corrected chi connectivity index (χ4v) is 3.69. The Bertz CT molecular complexity index is 1090. The number of amides is 1. The molecule has 1 fully saturated rings. The summed E-state index contributed by atoms with van der Waals surface area (Å²) in [4.78, 5) is 14.3. The van der Waals surface area contributed by atoms with Crippen LogP contribution in [0.3, 0.4) is 0 Å². The number of benzene rings is 1. The molecule has 4 rings (SSSR count). The number of alkyl halides is 3. The molecule has 3 heterocycles. The monoisotopic (exact) mass is 448 g/mol. The number of nitrogens with one attached hydrogen (secondary N) is 1. The number of aryl methyl sites for hydroxylation is 1. The topological polar surface area (TPSA) is 84.6 Å². The number of aromatic nitrogens is 4. The molecule has 0 unspecified atom stereocenters. The normalized spacial score (nSPS) is 15.2. The van der Waals surface area contributed by atoms with Crippen LogP contribution in [0, 0.1) is 12.8 Å². The van der Waals surface area contributed by atoms with Crippen molar-refractivity contribution in [3.8, 4) is 5.75 Å². The van der Waals surface area contributed by atoms with Gasteiger partial charge in [0, 0.05) is 19.0 Å². The number of anilines is 1. The third-order valence-electron chi connectivity index (χ3n) is 5.35. The maximum Gasteiger partial charge on any atom is 0.453 e. The Morgan fingerprint density at radius 1 is 1.19 bits per heavy atom. The first-order chi connectivity index (χ1) is 15.3. The number of hydrogen-bond acceptors (Lipinski definition) is 6. The highest BCUT2D eigenvalue weighted by atomic mass is 19.4. The van der Waals surface area contributed by atoms with Crippen LogP contribution >= 0.6 is 0 Å². The van der Waals surface area contributed by atoms with E-state index in [0.717, 1.165) is 11.3 Å². The van der Waals surface area contributed by atoms with Crippen molar-refractivity contribution in [3.05, 3.63) is 47.8 Å². The molecule has 0 atom stereocenters. The van der Waals surface area contributed by atoms with E-state index >= 15 is 0 Å². The van der Waals surface area contributed by atoms with Gasteiger partial charge in [-0.15, -0.1) is 15.3 Å². The Labute approximate surface area is 182 Å². The van der Waals surface area contributed by atoms with Crippen molar-refractivity contribution in [3.63, 3.8) is 0 Å². The van der Waals surface area contributed by atoms with Crippen molar-refractivity contribution >= 4 is 17.4 Å². The van der Waals surface area contributed by atoms with Gasteiger partial charge in [-0.25, -0.2) is 0 Å². The minimum Gasteiger partial charge on any atom is -0.492 e. The second kappa shape index (κ2) is 9.01. The fourth-order valence-electron chi connectivity index (χ4n) is 3.69. The number of carbonyl (C=O) groups excluding carboxylic acids is 1. The molecule has 0 radical (unpaired) electrons. The lowest BCUT2D eigenvalue weighted by Crippen LogP contribution is -2.41. The molecule has 11 heteroatoms. The third kappa shape index (κ3) is 4.92. The van der Waals surface area contributed by atoms with Crippen molar-refractivity contribution in [1.82, 2.24) is 25.1 Å². The highest BCUT2D eigenvalue weighted by Gasteiger charge is 2.38. The van der Waals surface area contributed by atoms with E-state index in [4.69, 9.17) is 4.74 Å². The number of fused-ring (bicyclic) bond motifs is 1. The van der Waals surface area contributed by atoms with Crippen LogP contribution in [0.15, 0.2) is 36.4 Å². The molecule has 0 spiro atoms. The fraction of sp³-hybridized carbons (Fsp3) is 0.429. The van der Waals surface area contributed by atoms with Gasteiger partial charge in [0.15, 0.2) is 5.65 Å². The predicted molar refractivity (Wildman–Crippen MR) is 110 cm³/mol. The molecule has 8 nitrogen and oxygen atoms in total. The summed E-state index contributed by atoms with van der Waals surface area (Å²) in [6.45, 7) is 3.79. The van der Waals surface area contributed by atoms with Gasteiger partial charge in [-0.2, -0.15) is 17.7 Å². The van der Waals surface area contributed by atoms with Crippen LogP contribution in [0.1, 0.15) is 24.2 Å². The second-order valence-electron chi connectivity index (χ2n) is 7.70. The molecule has 170 valence electrons. The van der Waals surface area contributed by atoms with Crippen LogP contribution < -0.4 is 15.0 Å². The van der Waals surface area contributed by atoms with E-state index < -0.39 is 12.0 Å². The van der Waals surface area contributed by atoms with Gasteiger partial charge in [-0.05, 0) is 49.6 Å². The van der Waals surface area contributed by atoms with Crippen LogP contribution in [0.4, 0.5) is 19.0 Å². The minimum atomic E-state index is -4.64. The molecular weight excluding hydrogens is 425 g/mol. The maximum absolute atomic E-state index is 13.1. The molecule has 1 amide bonds. The number of ether oxygens (including phenoxy) is 1. The van der Waals surface area contributed by atoms with E-state index in [1.165, 1.54) is 6.07 Å². The lowest BCUT2D eigenvalue weighted by molar-refractivity contribution is -0.146. The van der Waals surface area contributed by atoms with Gasteiger partial charge in [-0.1, -0.05) is 12.1 Å². The third-order valence-corrected chi connectivity index (χ3v) is 5.35. The standard InChI is InChI=1S/C21H23F3N6O2/c1-14-3-2-4-16(13-14)32-12-9-25-19(31)15-7-10-29(11-8-15)18-6-5-17-26-27-20(21(22,23)24)30(17)28-18/h2-6,13,15H,7-12H2,1H3,(H,25,31). The van der Waals surface area contributed by atoms with E-state index in [9.17, 15) is 18.0 Å². The molecular formula is C21H23F3N6O2. The van der Waals surface area contributed by atoms with Crippen LogP contribution in [0.2, 0.25) is 0 Å². The number of carbonyl (C=O) groups is 1. The number of halogens is 3. The number of nitrogens with zero attached hydrogens (tertiary/aromatic N) is 5. The highest BCUT2D eigenvalue weighted by Crippen LogP contribution is 2.28. The lowest BCUT2D eigenvalue weighted by atomic mass is 9.96. The minimum absolute atomic E-state index is 0.0308. The van der Waals surface area contributed by atoms with Gasteiger partial charge in [0.05, 0.1) is 6.54 Å². The highest BCUT2D eigenvalue weighted by molar-refractivity contribution is 5.79. The average molecular weight is 448 g/mol. The summed E-state index contributed by atoms with van der Waals surface area (Å²) in [6, 6.07) is 10.8. The average Bonchev–Trinajstić information content (AvgIpc) is 3.21. The zero-order valence-electron chi connectivity index (χ0n) is 17.5. The van der Waals surface area contributed by atoms with Crippen LogP contribution in [0.25, 0.3) is 5.65 Å². The van der Waals surface area contributed by atoms with E-state index in [-0.39, 0.29) is 17.5 Å². The van der Waals surface area contributed by atoms with Gasteiger partial charge in [0.25, 0.3) is 5.82 Å². The Kier molecular flexibility index (Phi) is 6.15. The van der Waals surface area contributed by atoms with Gasteiger partial charge in [0.2, 0.25) is 5.91 Å². The van der Waals surface area contributed by atoms with Gasteiger partial charge >= 0.3 is 6.18 Å². The molecule has 0 aliphatic carbocycles. The Morgan fingerprint density at radius 2 is 1.97 bits per heavy atom. The SMILES string of the molecule is Cc1cccc(OCCNC(=O)C2CCN(c3ccc4nnc(C(F)(F)F)n4n3)CC2)c1. The van der Waals surface area contributed by atoms with Crippen LogP contribution in [-0.4, -0.2) is 52.0 Å². The molecule has 1 N–H and O–H groups in total. The van der Waals surface area contributed by atoms with Crippen molar-refractivity contribution in [1.29, 1.82) is 0 Å². The zero-order chi connectivity index (χ0) is 22.7. The Morgan fingerprint density at radius 3 is 2.69 bits per heavy atom. The molecule has 32 heavy (non-hydrogen) atoms. The van der Waals surface area contributed by atoms with Crippen molar-refractivity contribution < 1.29 is 22.7 Å². The summed E-state index contributed by atoms with van der Waals surface area (Å²) >= 11 is 0. The first kappa shape index (κ1) is 21.8. The van der Waals surface area contributed by atoms with Crippen LogP contribution in [-0.2, 0) is 11.0 Å². The van der Waals surface area contributed by atoms with Gasteiger partial charge in [0.1, 0.15) is 18.2 Å². The number of piperidine rings is 1. The van der Waals surface area contributed by atoms with E-state index in [2.05, 4.69) is 20.6 Å². The molecule has 1 saturated heterocycles. The summed E-state index contributed by atoms with van der Waals surface area (Å²) in [6.07, 6.45) is -3.48. The summed E-state index contributed by atoms with van der Waals surface area (Å²) in [5, 5.41) is 13.7. The Hall–Kier alpha value is -3.37. The summed E-state index contributed by atoms with van der Waals surface area (Å²) < 4.78 is 45.6. The Balaban J connectivity index is 1.28. The lowest BCUT2D eigenvalue weighted by Gasteiger charge is -2.32. The van der Waals surface area contributed by atoms with E-state index in [1.54, 1.807) is 6.07 Å². The molecule has 1 aromatic carbocycles. The smallest absolute Gasteiger partial charge is 0.453 e. The van der Waals surface area contributed by atoms with Gasteiger partial charge < -0.3 is 15.0 Å². The summed E-state index contributed by atoms with van der Waals surface area (Å²) in [7, 11) is 0. The van der Waals surface area contributed by atoms with Crippen LogP contribution in [0.5, 0.6) is 5.75 Å². The summed E-state index contributed by atoms with van der Waals surface area (Å²) in [5.41, 5.74) is 1.13. The molecule has 0 saturated carbocycles. The van der Waals surface area contributed by atoms with E-state index in [1.807, 2.05) is 36.1 Å². The van der Waals surface area contributed by atoms with Crippen molar-refractivity contribution in [2.75, 3.05) is 31.1 Å². The first-order valence-corrected chi connectivity index (χ1v) is 10.3. The quantitative estimate of drug-likeness (QED) is 0.584. The molecule has 0 bridgehead atoms. The van der Waals surface area contributed by atoms with Gasteiger partial charge in [-0.3, -0.25) is 4.79 Å². The maximum atomic E-state index is 13.1. The molecule has 2 aromatic heterocycles. The molecule has 1 aliphatic rings. The predicted octanol–water partition coefficient (Wildman–Crippen LogP) is 2.86. The zero-order valence-corrected chi connectivity index (χ0v) is 17.5. The van der Waals surface area contributed by atoms with Crippen molar-refractivity contribution in [2.45, 2.75) is 25.9 Å². The largest absolute Gasteiger partial charge is 0.492 e. The second-order valence-corrected chi connectivity index (χ2v) is 7.70. The summed E-state index contributed by atoms with van der Waals surface area (Å²) in [5.74, 6) is -0.197. The number of rotatable bonds is 6. The number of hydrogen-bond donors (Lipinski definition) is 1. The van der Waals surface area contributed by atoms with Crippen molar-refractivity contribution in [2.24, 2.45) is 5.92 Å². The first-order valence-electron chi connectivity index (χ1n) is 10.3. The van der Waals surface area contributed by atoms with E-state index in [0.29, 0.717) is 49.4 Å². The molecule has 3 aromatic rings.